The van der Waals surface area contributed by atoms with Crippen LogP contribution in [0.2, 0.25) is 0 Å². The van der Waals surface area contributed by atoms with E-state index in [1.165, 1.54) is 0 Å². The number of piperazine rings is 1. The van der Waals surface area contributed by atoms with E-state index in [1.54, 1.807) is 0 Å². The molecule has 3 nitrogen and oxygen atoms in total. The SMILES string of the molecule is CC1CN(C(=O)c2ccc(Br)cc2)CC(C)N1C. The number of halogens is 1. The first-order valence-electron chi connectivity index (χ1n) is 6.26. The molecular weight excluding hydrogens is 292 g/mol. The fourth-order valence-electron chi connectivity index (χ4n) is 2.35. The number of likely N-dealkylation sites (N-methyl/N-ethyl adjacent to an activating group) is 1. The first-order valence-corrected chi connectivity index (χ1v) is 7.05. The van der Waals surface area contributed by atoms with Gasteiger partial charge in [0.2, 0.25) is 0 Å². The smallest absolute Gasteiger partial charge is 0.253 e. The van der Waals surface area contributed by atoms with Gasteiger partial charge in [-0.05, 0) is 45.2 Å². The van der Waals surface area contributed by atoms with Gasteiger partial charge in [0.1, 0.15) is 0 Å². The monoisotopic (exact) mass is 310 g/mol. The maximum atomic E-state index is 12.4. The van der Waals surface area contributed by atoms with Gasteiger partial charge in [-0.2, -0.15) is 0 Å². The van der Waals surface area contributed by atoms with Crippen LogP contribution >= 0.6 is 15.9 Å². The van der Waals surface area contributed by atoms with Crippen molar-refractivity contribution in [3.63, 3.8) is 0 Å². The van der Waals surface area contributed by atoms with Crippen molar-refractivity contribution in [2.24, 2.45) is 0 Å². The van der Waals surface area contributed by atoms with Crippen molar-refractivity contribution in [1.82, 2.24) is 9.80 Å². The molecular formula is C14H19BrN2O. The highest BCUT2D eigenvalue weighted by molar-refractivity contribution is 9.10. The summed E-state index contributed by atoms with van der Waals surface area (Å²) in [5, 5.41) is 0. The number of nitrogens with zero attached hydrogens (tertiary/aromatic N) is 2. The van der Waals surface area contributed by atoms with Crippen LogP contribution in [0.15, 0.2) is 28.7 Å². The van der Waals surface area contributed by atoms with E-state index in [9.17, 15) is 4.79 Å². The Balaban J connectivity index is 2.12. The zero-order chi connectivity index (χ0) is 13.3. The Morgan fingerprint density at radius 3 is 2.17 bits per heavy atom. The molecule has 18 heavy (non-hydrogen) atoms. The highest BCUT2D eigenvalue weighted by atomic mass is 79.9. The standard InChI is InChI=1S/C14H19BrN2O/c1-10-8-17(9-11(2)16(10)3)14(18)12-4-6-13(15)7-5-12/h4-7,10-11H,8-9H2,1-3H3. The van der Waals surface area contributed by atoms with Crippen molar-refractivity contribution in [2.45, 2.75) is 25.9 Å². The number of rotatable bonds is 1. The molecule has 0 bridgehead atoms. The Labute approximate surface area is 117 Å². The first kappa shape index (κ1) is 13.6. The number of hydrogen-bond acceptors (Lipinski definition) is 2. The predicted molar refractivity (Wildman–Crippen MR) is 76.7 cm³/mol. The number of carbonyl (C=O) groups excluding carboxylic acids is 1. The van der Waals surface area contributed by atoms with E-state index in [2.05, 4.69) is 41.7 Å². The fraction of sp³-hybridized carbons (Fsp3) is 0.500. The maximum Gasteiger partial charge on any atom is 0.253 e. The van der Waals surface area contributed by atoms with Crippen LogP contribution in [0.1, 0.15) is 24.2 Å². The third kappa shape index (κ3) is 2.75. The molecule has 2 unspecified atom stereocenters. The fourth-order valence-corrected chi connectivity index (χ4v) is 2.61. The van der Waals surface area contributed by atoms with Crippen LogP contribution < -0.4 is 0 Å². The Hall–Kier alpha value is -0.870. The highest BCUT2D eigenvalue weighted by Gasteiger charge is 2.29. The molecule has 0 N–H and O–H groups in total. The van der Waals surface area contributed by atoms with E-state index in [0.29, 0.717) is 12.1 Å². The molecule has 2 atom stereocenters. The summed E-state index contributed by atoms with van der Waals surface area (Å²) >= 11 is 3.39. The molecule has 1 aliphatic heterocycles. The van der Waals surface area contributed by atoms with Crippen molar-refractivity contribution >= 4 is 21.8 Å². The molecule has 0 aliphatic carbocycles. The van der Waals surface area contributed by atoms with Gasteiger partial charge in [0, 0.05) is 35.2 Å². The molecule has 2 rings (SSSR count). The highest BCUT2D eigenvalue weighted by Crippen LogP contribution is 2.17. The molecule has 0 aromatic heterocycles. The van der Waals surface area contributed by atoms with Gasteiger partial charge in [0.15, 0.2) is 0 Å². The summed E-state index contributed by atoms with van der Waals surface area (Å²) in [6.07, 6.45) is 0. The quantitative estimate of drug-likeness (QED) is 0.796. The molecule has 1 aromatic rings. The summed E-state index contributed by atoms with van der Waals surface area (Å²) in [6.45, 7) is 5.93. The number of carbonyl (C=O) groups is 1. The maximum absolute atomic E-state index is 12.4. The third-order valence-electron chi connectivity index (χ3n) is 3.74. The average molecular weight is 311 g/mol. The van der Waals surface area contributed by atoms with E-state index >= 15 is 0 Å². The molecule has 1 aliphatic rings. The van der Waals surface area contributed by atoms with Crippen molar-refractivity contribution in [2.75, 3.05) is 20.1 Å². The van der Waals surface area contributed by atoms with Crippen molar-refractivity contribution in [1.29, 1.82) is 0 Å². The minimum absolute atomic E-state index is 0.134. The van der Waals surface area contributed by atoms with Gasteiger partial charge in [-0.3, -0.25) is 9.69 Å². The van der Waals surface area contributed by atoms with E-state index in [0.717, 1.165) is 23.1 Å². The Bertz CT molecular complexity index is 420. The van der Waals surface area contributed by atoms with Crippen LogP contribution in [0.3, 0.4) is 0 Å². The van der Waals surface area contributed by atoms with Crippen molar-refractivity contribution in [3.05, 3.63) is 34.3 Å². The summed E-state index contributed by atoms with van der Waals surface area (Å²) in [5.41, 5.74) is 0.766. The van der Waals surface area contributed by atoms with Crippen LogP contribution in [-0.2, 0) is 0 Å². The predicted octanol–water partition coefficient (Wildman–Crippen LogP) is 2.61. The molecule has 1 saturated heterocycles. The van der Waals surface area contributed by atoms with Gasteiger partial charge >= 0.3 is 0 Å². The zero-order valence-corrected chi connectivity index (χ0v) is 12.6. The summed E-state index contributed by atoms with van der Waals surface area (Å²) in [5.74, 6) is 0.134. The minimum atomic E-state index is 0.134. The summed E-state index contributed by atoms with van der Waals surface area (Å²) in [6, 6.07) is 8.40. The van der Waals surface area contributed by atoms with Crippen LogP contribution in [0, 0.1) is 0 Å². The Morgan fingerprint density at radius 2 is 1.67 bits per heavy atom. The zero-order valence-electron chi connectivity index (χ0n) is 11.1. The van der Waals surface area contributed by atoms with Crippen LogP contribution in [0.4, 0.5) is 0 Å². The molecule has 0 radical (unpaired) electrons. The van der Waals surface area contributed by atoms with E-state index < -0.39 is 0 Å². The number of benzene rings is 1. The van der Waals surface area contributed by atoms with Gasteiger partial charge in [0.25, 0.3) is 5.91 Å². The van der Waals surface area contributed by atoms with Crippen molar-refractivity contribution < 1.29 is 4.79 Å². The summed E-state index contributed by atoms with van der Waals surface area (Å²) in [7, 11) is 2.12. The Morgan fingerprint density at radius 1 is 1.17 bits per heavy atom. The second-order valence-corrected chi connectivity index (χ2v) is 6.00. The topological polar surface area (TPSA) is 23.6 Å². The molecule has 4 heteroatoms. The average Bonchev–Trinajstić information content (AvgIpc) is 2.35. The van der Waals surface area contributed by atoms with Gasteiger partial charge in [-0.1, -0.05) is 15.9 Å². The third-order valence-corrected chi connectivity index (χ3v) is 4.27. The lowest BCUT2D eigenvalue weighted by molar-refractivity contribution is 0.0414. The van der Waals surface area contributed by atoms with Gasteiger partial charge in [-0.15, -0.1) is 0 Å². The van der Waals surface area contributed by atoms with Crippen LogP contribution in [0.25, 0.3) is 0 Å². The van der Waals surface area contributed by atoms with Crippen molar-refractivity contribution in [3.8, 4) is 0 Å². The molecule has 1 fully saturated rings. The molecule has 0 spiro atoms. The van der Waals surface area contributed by atoms with E-state index in [-0.39, 0.29) is 5.91 Å². The molecule has 1 heterocycles. The molecule has 98 valence electrons. The summed E-state index contributed by atoms with van der Waals surface area (Å²) < 4.78 is 0.999. The second kappa shape index (κ2) is 5.41. The molecule has 0 saturated carbocycles. The number of amides is 1. The Kier molecular flexibility index (Phi) is 4.07. The van der Waals surface area contributed by atoms with Gasteiger partial charge in [-0.25, -0.2) is 0 Å². The second-order valence-electron chi connectivity index (χ2n) is 5.08. The molecule has 1 amide bonds. The van der Waals surface area contributed by atoms with E-state index in [1.807, 2.05) is 29.2 Å². The number of hydrogen-bond donors (Lipinski definition) is 0. The van der Waals surface area contributed by atoms with Gasteiger partial charge < -0.3 is 4.90 Å². The lowest BCUT2D eigenvalue weighted by Gasteiger charge is -2.42. The summed E-state index contributed by atoms with van der Waals surface area (Å²) in [4.78, 5) is 16.7. The molecule has 1 aromatic carbocycles. The first-order chi connectivity index (χ1) is 8.49. The van der Waals surface area contributed by atoms with Gasteiger partial charge in [0.05, 0.1) is 0 Å². The normalized spacial score (nSPS) is 25.2. The lowest BCUT2D eigenvalue weighted by Crippen LogP contribution is -2.56. The van der Waals surface area contributed by atoms with Crippen LogP contribution in [-0.4, -0.2) is 47.9 Å². The van der Waals surface area contributed by atoms with Crippen LogP contribution in [0.5, 0.6) is 0 Å². The van der Waals surface area contributed by atoms with E-state index in [4.69, 9.17) is 0 Å². The largest absolute Gasteiger partial charge is 0.336 e. The minimum Gasteiger partial charge on any atom is -0.336 e. The lowest BCUT2D eigenvalue weighted by atomic mass is 10.1.